The molecule has 0 aliphatic rings. The van der Waals surface area contributed by atoms with Crippen LogP contribution in [0, 0.1) is 5.82 Å². The standard InChI is InChI=1S/C14H15FN2OS/c1-17(9-12-3-2-6-18-12)8-11-7-10(14(16)19)4-5-13(11)15/h2-7H,8-9H2,1H3,(H2,16,19). The third-order valence-corrected chi connectivity index (χ3v) is 3.01. The van der Waals surface area contributed by atoms with Crippen molar-refractivity contribution in [1.82, 2.24) is 4.90 Å². The van der Waals surface area contributed by atoms with E-state index in [9.17, 15) is 4.39 Å². The molecule has 0 atom stereocenters. The van der Waals surface area contributed by atoms with E-state index in [1.807, 2.05) is 24.1 Å². The lowest BCUT2D eigenvalue weighted by atomic mass is 10.1. The fraction of sp³-hybridized carbons (Fsp3) is 0.214. The van der Waals surface area contributed by atoms with Crippen LogP contribution in [0.2, 0.25) is 0 Å². The van der Waals surface area contributed by atoms with Crippen LogP contribution < -0.4 is 5.73 Å². The SMILES string of the molecule is CN(Cc1ccco1)Cc1cc(C(N)=S)ccc1F. The molecule has 1 aromatic heterocycles. The third kappa shape index (κ3) is 3.62. The Morgan fingerprint density at radius 3 is 2.79 bits per heavy atom. The van der Waals surface area contributed by atoms with Gasteiger partial charge in [0.15, 0.2) is 0 Å². The van der Waals surface area contributed by atoms with Gasteiger partial charge in [-0.1, -0.05) is 12.2 Å². The summed E-state index contributed by atoms with van der Waals surface area (Å²) in [5, 5.41) is 0. The second kappa shape index (κ2) is 5.95. The molecule has 19 heavy (non-hydrogen) atoms. The number of furan rings is 1. The first-order valence-electron chi connectivity index (χ1n) is 5.85. The lowest BCUT2D eigenvalue weighted by Crippen LogP contribution is -2.18. The lowest BCUT2D eigenvalue weighted by Gasteiger charge is -2.16. The van der Waals surface area contributed by atoms with E-state index in [0.717, 1.165) is 5.76 Å². The molecule has 0 fully saturated rings. The molecule has 0 spiro atoms. The largest absolute Gasteiger partial charge is 0.468 e. The number of thiocarbonyl (C=S) groups is 1. The molecular formula is C14H15FN2OS. The summed E-state index contributed by atoms with van der Waals surface area (Å²) >= 11 is 4.90. The molecule has 0 aliphatic carbocycles. The first kappa shape index (κ1) is 13.7. The highest BCUT2D eigenvalue weighted by Crippen LogP contribution is 2.14. The molecule has 100 valence electrons. The zero-order valence-corrected chi connectivity index (χ0v) is 11.4. The Labute approximate surface area is 116 Å². The van der Waals surface area contributed by atoms with Gasteiger partial charge in [-0.15, -0.1) is 0 Å². The van der Waals surface area contributed by atoms with Crippen LogP contribution in [0.5, 0.6) is 0 Å². The fourth-order valence-electron chi connectivity index (χ4n) is 1.86. The van der Waals surface area contributed by atoms with Gasteiger partial charge in [-0.25, -0.2) is 4.39 Å². The number of nitrogens with zero attached hydrogens (tertiary/aromatic N) is 1. The van der Waals surface area contributed by atoms with E-state index in [1.54, 1.807) is 18.4 Å². The molecule has 1 aromatic carbocycles. The van der Waals surface area contributed by atoms with E-state index < -0.39 is 0 Å². The Kier molecular flexibility index (Phi) is 4.29. The van der Waals surface area contributed by atoms with E-state index in [-0.39, 0.29) is 10.8 Å². The van der Waals surface area contributed by atoms with E-state index in [4.69, 9.17) is 22.4 Å². The van der Waals surface area contributed by atoms with Gasteiger partial charge >= 0.3 is 0 Å². The Balaban J connectivity index is 2.09. The molecule has 0 aliphatic heterocycles. The lowest BCUT2D eigenvalue weighted by molar-refractivity contribution is 0.284. The molecular weight excluding hydrogens is 263 g/mol. The van der Waals surface area contributed by atoms with Gasteiger partial charge in [0.2, 0.25) is 0 Å². The van der Waals surface area contributed by atoms with Gasteiger partial charge in [0.25, 0.3) is 0 Å². The van der Waals surface area contributed by atoms with E-state index in [0.29, 0.717) is 24.2 Å². The predicted octanol–water partition coefficient (Wildman–Crippen LogP) is 2.68. The highest BCUT2D eigenvalue weighted by Gasteiger charge is 2.09. The number of hydrogen-bond acceptors (Lipinski definition) is 3. The van der Waals surface area contributed by atoms with Crippen molar-refractivity contribution < 1.29 is 8.81 Å². The number of halogens is 1. The molecule has 2 aromatic rings. The van der Waals surface area contributed by atoms with Crippen LogP contribution in [0.4, 0.5) is 4.39 Å². The normalized spacial score (nSPS) is 10.9. The summed E-state index contributed by atoms with van der Waals surface area (Å²) in [6.45, 7) is 1.08. The Bertz CT molecular complexity index is 569. The van der Waals surface area contributed by atoms with Crippen molar-refractivity contribution >= 4 is 17.2 Å². The van der Waals surface area contributed by atoms with Crippen LogP contribution in [-0.4, -0.2) is 16.9 Å². The highest BCUT2D eigenvalue weighted by molar-refractivity contribution is 7.80. The van der Waals surface area contributed by atoms with E-state index in [1.165, 1.54) is 6.07 Å². The van der Waals surface area contributed by atoms with E-state index >= 15 is 0 Å². The topological polar surface area (TPSA) is 42.4 Å². The van der Waals surface area contributed by atoms with Crippen molar-refractivity contribution in [3.05, 3.63) is 59.3 Å². The second-order valence-electron chi connectivity index (χ2n) is 4.42. The first-order chi connectivity index (χ1) is 9.06. The minimum atomic E-state index is -0.258. The Morgan fingerprint density at radius 2 is 2.16 bits per heavy atom. The van der Waals surface area contributed by atoms with Gasteiger partial charge in [0.1, 0.15) is 16.6 Å². The van der Waals surface area contributed by atoms with Crippen molar-refractivity contribution in [3.63, 3.8) is 0 Å². The summed E-state index contributed by atoms with van der Waals surface area (Å²) in [6, 6.07) is 8.39. The summed E-state index contributed by atoms with van der Waals surface area (Å²) in [4.78, 5) is 2.23. The summed E-state index contributed by atoms with van der Waals surface area (Å²) in [6.07, 6.45) is 1.62. The predicted molar refractivity (Wildman–Crippen MR) is 76.2 cm³/mol. The maximum absolute atomic E-state index is 13.7. The minimum Gasteiger partial charge on any atom is -0.468 e. The zero-order chi connectivity index (χ0) is 13.8. The molecule has 0 bridgehead atoms. The molecule has 5 heteroatoms. The summed E-state index contributed by atoms with van der Waals surface area (Å²) < 4.78 is 19.0. The van der Waals surface area contributed by atoms with Gasteiger partial charge < -0.3 is 10.2 Å². The summed E-state index contributed by atoms with van der Waals surface area (Å²) in [7, 11) is 1.90. The molecule has 0 amide bonds. The maximum atomic E-state index is 13.7. The molecule has 2 N–H and O–H groups in total. The molecule has 0 unspecified atom stereocenters. The molecule has 0 saturated carbocycles. The smallest absolute Gasteiger partial charge is 0.127 e. The van der Waals surface area contributed by atoms with Crippen LogP contribution in [0.1, 0.15) is 16.9 Å². The number of benzene rings is 1. The van der Waals surface area contributed by atoms with Gasteiger partial charge in [-0.2, -0.15) is 0 Å². The van der Waals surface area contributed by atoms with E-state index in [2.05, 4.69) is 0 Å². The number of nitrogens with two attached hydrogens (primary N) is 1. The molecule has 2 rings (SSSR count). The monoisotopic (exact) mass is 278 g/mol. The van der Waals surface area contributed by atoms with Crippen LogP contribution in [-0.2, 0) is 13.1 Å². The highest BCUT2D eigenvalue weighted by atomic mass is 32.1. The van der Waals surface area contributed by atoms with Crippen molar-refractivity contribution in [2.45, 2.75) is 13.1 Å². The van der Waals surface area contributed by atoms with Crippen LogP contribution in [0.15, 0.2) is 41.0 Å². The van der Waals surface area contributed by atoms with Gasteiger partial charge in [-0.3, -0.25) is 4.90 Å². The fourth-order valence-corrected chi connectivity index (χ4v) is 1.99. The van der Waals surface area contributed by atoms with Gasteiger partial charge in [0, 0.05) is 17.7 Å². The minimum absolute atomic E-state index is 0.258. The maximum Gasteiger partial charge on any atom is 0.127 e. The Morgan fingerprint density at radius 1 is 1.37 bits per heavy atom. The van der Waals surface area contributed by atoms with Gasteiger partial charge in [-0.05, 0) is 37.4 Å². The average Bonchev–Trinajstić information content (AvgIpc) is 2.84. The molecule has 0 radical (unpaired) electrons. The second-order valence-corrected chi connectivity index (χ2v) is 4.86. The van der Waals surface area contributed by atoms with Crippen molar-refractivity contribution in [2.24, 2.45) is 5.73 Å². The first-order valence-corrected chi connectivity index (χ1v) is 6.26. The quantitative estimate of drug-likeness (QED) is 0.854. The Hall–Kier alpha value is -1.72. The van der Waals surface area contributed by atoms with Crippen molar-refractivity contribution in [2.75, 3.05) is 7.05 Å². The van der Waals surface area contributed by atoms with Crippen LogP contribution in [0.25, 0.3) is 0 Å². The van der Waals surface area contributed by atoms with Crippen LogP contribution in [0.3, 0.4) is 0 Å². The van der Waals surface area contributed by atoms with Crippen molar-refractivity contribution in [3.8, 4) is 0 Å². The number of hydrogen-bond donors (Lipinski definition) is 1. The van der Waals surface area contributed by atoms with Crippen molar-refractivity contribution in [1.29, 1.82) is 0 Å². The molecule has 0 saturated heterocycles. The van der Waals surface area contributed by atoms with Gasteiger partial charge in [0.05, 0.1) is 12.8 Å². The molecule has 1 heterocycles. The average molecular weight is 278 g/mol. The third-order valence-electron chi connectivity index (χ3n) is 2.78. The summed E-state index contributed by atoms with van der Waals surface area (Å²) in [5.41, 5.74) is 6.80. The number of rotatable bonds is 5. The zero-order valence-electron chi connectivity index (χ0n) is 10.6. The molecule has 3 nitrogen and oxygen atoms in total. The summed E-state index contributed by atoms with van der Waals surface area (Å²) in [5.74, 6) is 0.583. The van der Waals surface area contributed by atoms with Crippen LogP contribution >= 0.6 is 12.2 Å².